The van der Waals surface area contributed by atoms with Gasteiger partial charge in [0.15, 0.2) is 0 Å². The zero-order valence-corrected chi connectivity index (χ0v) is 20.4. The summed E-state index contributed by atoms with van der Waals surface area (Å²) in [6.07, 6.45) is 0. The lowest BCUT2D eigenvalue weighted by molar-refractivity contribution is -0.132. The van der Waals surface area contributed by atoms with Crippen LogP contribution in [0.3, 0.4) is 0 Å². The lowest BCUT2D eigenvalue weighted by Crippen LogP contribution is -2.29. The highest BCUT2D eigenvalue weighted by Gasteiger charge is 2.47. The fraction of sp³-hybridized carbons (Fsp3) is 0.154. The molecule has 168 valence electrons. The van der Waals surface area contributed by atoms with Crippen LogP contribution in [0.25, 0.3) is 5.76 Å². The number of carbonyl (C=O) groups is 2. The molecule has 1 aliphatic rings. The Balaban J connectivity index is 1.91. The molecule has 0 spiro atoms. The molecule has 0 saturated carbocycles. The second kappa shape index (κ2) is 9.41. The van der Waals surface area contributed by atoms with Gasteiger partial charge < -0.3 is 9.84 Å². The lowest BCUT2D eigenvalue weighted by atomic mass is 9.95. The first-order valence-electron chi connectivity index (χ1n) is 10.4. The first-order valence-corrected chi connectivity index (χ1v) is 11.5. The molecular formula is C26H21BrClNO4. The highest BCUT2D eigenvalue weighted by Crippen LogP contribution is 2.43. The molecule has 1 fully saturated rings. The summed E-state index contributed by atoms with van der Waals surface area (Å²) >= 11 is 9.49. The Kier molecular flexibility index (Phi) is 6.58. The summed E-state index contributed by atoms with van der Waals surface area (Å²) in [5.41, 5.74) is 2.63. The van der Waals surface area contributed by atoms with Crippen LogP contribution >= 0.6 is 27.5 Å². The summed E-state index contributed by atoms with van der Waals surface area (Å²) in [4.78, 5) is 27.8. The molecule has 4 rings (SSSR count). The molecule has 1 atom stereocenters. The summed E-state index contributed by atoms with van der Waals surface area (Å²) < 4.78 is 6.34. The number of halogens is 2. The molecule has 1 heterocycles. The molecule has 33 heavy (non-hydrogen) atoms. The van der Waals surface area contributed by atoms with Crippen molar-refractivity contribution in [2.24, 2.45) is 0 Å². The zero-order chi connectivity index (χ0) is 23.7. The average molecular weight is 527 g/mol. The van der Waals surface area contributed by atoms with Crippen molar-refractivity contribution in [3.05, 3.63) is 98.5 Å². The standard InChI is InChI=1S/C26H21BrClNO4/c1-3-33-20-12-7-16(8-13-20)23-22(24(30)17-5-9-18(28)10-6-17)25(31)26(32)29(23)19-11-4-15(2)21(27)14-19/h4-14,23,30H,3H2,1-2H3/t23-/m0/s1. The molecule has 0 aromatic heterocycles. The Morgan fingerprint density at radius 2 is 1.73 bits per heavy atom. The number of ketones is 1. The van der Waals surface area contributed by atoms with Crippen LogP contribution in [0, 0.1) is 6.92 Å². The predicted molar refractivity (Wildman–Crippen MR) is 133 cm³/mol. The number of hydrogen-bond acceptors (Lipinski definition) is 4. The monoisotopic (exact) mass is 525 g/mol. The minimum absolute atomic E-state index is 0.0168. The Morgan fingerprint density at radius 3 is 2.33 bits per heavy atom. The van der Waals surface area contributed by atoms with Crippen LogP contribution in [0.2, 0.25) is 5.02 Å². The molecule has 0 unspecified atom stereocenters. The Labute approximate surface area is 205 Å². The van der Waals surface area contributed by atoms with Gasteiger partial charge in [-0.1, -0.05) is 45.7 Å². The Hall–Kier alpha value is -3.09. The van der Waals surface area contributed by atoms with E-state index in [1.54, 1.807) is 60.7 Å². The van der Waals surface area contributed by atoms with E-state index in [1.165, 1.54) is 4.90 Å². The van der Waals surface area contributed by atoms with E-state index in [9.17, 15) is 14.7 Å². The summed E-state index contributed by atoms with van der Waals surface area (Å²) in [5, 5.41) is 11.6. The second-order valence-corrected chi connectivity index (χ2v) is 8.90. The van der Waals surface area contributed by atoms with Crippen molar-refractivity contribution >= 4 is 50.7 Å². The normalized spacial score (nSPS) is 17.5. The molecule has 0 aliphatic carbocycles. The molecular weight excluding hydrogens is 506 g/mol. The van der Waals surface area contributed by atoms with Gasteiger partial charge in [-0.2, -0.15) is 0 Å². The van der Waals surface area contributed by atoms with E-state index in [0.717, 1.165) is 10.0 Å². The van der Waals surface area contributed by atoms with Crippen molar-refractivity contribution in [2.45, 2.75) is 19.9 Å². The van der Waals surface area contributed by atoms with E-state index in [2.05, 4.69) is 15.9 Å². The second-order valence-electron chi connectivity index (χ2n) is 7.61. The smallest absolute Gasteiger partial charge is 0.300 e. The number of aliphatic hydroxyl groups is 1. The van der Waals surface area contributed by atoms with Crippen molar-refractivity contribution in [2.75, 3.05) is 11.5 Å². The molecule has 1 amide bonds. The van der Waals surface area contributed by atoms with Crippen LogP contribution in [0.15, 0.2) is 76.8 Å². The molecule has 7 heteroatoms. The number of aliphatic hydroxyl groups excluding tert-OH is 1. The topological polar surface area (TPSA) is 66.8 Å². The van der Waals surface area contributed by atoms with Crippen molar-refractivity contribution in [1.82, 2.24) is 0 Å². The van der Waals surface area contributed by atoms with E-state index in [-0.39, 0.29) is 11.3 Å². The number of nitrogens with zero attached hydrogens (tertiary/aromatic N) is 1. The van der Waals surface area contributed by atoms with Gasteiger partial charge in [-0.3, -0.25) is 14.5 Å². The summed E-state index contributed by atoms with van der Waals surface area (Å²) in [6, 6.07) is 18.3. The molecule has 3 aromatic carbocycles. The highest BCUT2D eigenvalue weighted by atomic mass is 79.9. The Morgan fingerprint density at radius 1 is 1.06 bits per heavy atom. The minimum Gasteiger partial charge on any atom is -0.507 e. The zero-order valence-electron chi connectivity index (χ0n) is 18.0. The SMILES string of the molecule is CCOc1ccc([C@H]2C(=C(O)c3ccc(Cl)cc3)C(=O)C(=O)N2c2ccc(C)c(Br)c2)cc1. The first kappa shape index (κ1) is 23.1. The minimum atomic E-state index is -0.814. The number of rotatable bonds is 5. The van der Waals surface area contributed by atoms with Gasteiger partial charge in [0, 0.05) is 20.7 Å². The number of carbonyl (C=O) groups excluding carboxylic acids is 2. The number of benzene rings is 3. The van der Waals surface area contributed by atoms with Crippen molar-refractivity contribution in [3.63, 3.8) is 0 Å². The van der Waals surface area contributed by atoms with Crippen LogP contribution in [0.4, 0.5) is 5.69 Å². The molecule has 1 N–H and O–H groups in total. The van der Waals surface area contributed by atoms with Gasteiger partial charge in [-0.05, 0) is 73.5 Å². The van der Waals surface area contributed by atoms with Gasteiger partial charge in [0.2, 0.25) is 0 Å². The number of amides is 1. The van der Waals surface area contributed by atoms with E-state index in [0.29, 0.717) is 34.2 Å². The fourth-order valence-corrected chi connectivity index (χ4v) is 4.31. The highest BCUT2D eigenvalue weighted by molar-refractivity contribution is 9.10. The number of Topliss-reactive ketones (excluding diaryl/α,β-unsaturated/α-hetero) is 1. The van der Waals surface area contributed by atoms with Gasteiger partial charge in [0.25, 0.3) is 11.7 Å². The van der Waals surface area contributed by atoms with E-state index in [4.69, 9.17) is 16.3 Å². The molecule has 3 aromatic rings. The van der Waals surface area contributed by atoms with Gasteiger partial charge in [-0.15, -0.1) is 0 Å². The third-order valence-electron chi connectivity index (χ3n) is 5.50. The van der Waals surface area contributed by atoms with Gasteiger partial charge in [0.1, 0.15) is 11.5 Å². The Bertz CT molecular complexity index is 1250. The molecule has 0 radical (unpaired) electrons. The van der Waals surface area contributed by atoms with E-state index in [1.807, 2.05) is 19.9 Å². The predicted octanol–water partition coefficient (Wildman–Crippen LogP) is 6.44. The van der Waals surface area contributed by atoms with E-state index >= 15 is 0 Å². The maximum Gasteiger partial charge on any atom is 0.300 e. The number of hydrogen-bond donors (Lipinski definition) is 1. The third kappa shape index (κ3) is 4.41. The lowest BCUT2D eigenvalue weighted by Gasteiger charge is -2.26. The van der Waals surface area contributed by atoms with Crippen LogP contribution in [-0.2, 0) is 9.59 Å². The molecule has 5 nitrogen and oxygen atoms in total. The number of aryl methyl sites for hydroxylation is 1. The fourth-order valence-electron chi connectivity index (χ4n) is 3.82. The third-order valence-corrected chi connectivity index (χ3v) is 6.61. The van der Waals surface area contributed by atoms with Crippen molar-refractivity contribution in [3.8, 4) is 5.75 Å². The maximum absolute atomic E-state index is 13.2. The van der Waals surface area contributed by atoms with Crippen molar-refractivity contribution < 1.29 is 19.4 Å². The quantitative estimate of drug-likeness (QED) is 0.236. The molecule has 1 saturated heterocycles. The molecule has 1 aliphatic heterocycles. The summed E-state index contributed by atoms with van der Waals surface area (Å²) in [7, 11) is 0. The van der Waals surface area contributed by atoms with E-state index < -0.39 is 17.7 Å². The largest absolute Gasteiger partial charge is 0.507 e. The molecule has 0 bridgehead atoms. The van der Waals surface area contributed by atoms with Crippen LogP contribution in [0.1, 0.15) is 29.7 Å². The van der Waals surface area contributed by atoms with Gasteiger partial charge in [0.05, 0.1) is 18.2 Å². The summed E-state index contributed by atoms with van der Waals surface area (Å²) in [6.45, 7) is 4.35. The van der Waals surface area contributed by atoms with Gasteiger partial charge >= 0.3 is 0 Å². The van der Waals surface area contributed by atoms with Crippen molar-refractivity contribution in [1.29, 1.82) is 0 Å². The van der Waals surface area contributed by atoms with Crippen LogP contribution in [-0.4, -0.2) is 23.4 Å². The average Bonchev–Trinajstić information content (AvgIpc) is 3.07. The maximum atomic E-state index is 13.2. The first-order chi connectivity index (χ1) is 15.8. The van der Waals surface area contributed by atoms with Gasteiger partial charge in [-0.25, -0.2) is 0 Å². The number of ether oxygens (including phenoxy) is 1. The number of anilines is 1. The van der Waals surface area contributed by atoms with Crippen LogP contribution < -0.4 is 9.64 Å². The van der Waals surface area contributed by atoms with Crippen LogP contribution in [0.5, 0.6) is 5.75 Å². The summed E-state index contributed by atoms with van der Waals surface area (Å²) in [5.74, 6) is -1.04.